The molecule has 0 radical (unpaired) electrons. The third-order valence-electron chi connectivity index (χ3n) is 9.44. The van der Waals surface area contributed by atoms with Crippen LogP contribution in [0, 0.1) is 17.7 Å². The second-order valence-electron chi connectivity index (χ2n) is 12.3. The highest BCUT2D eigenvalue weighted by atomic mass is 35.5. The van der Waals surface area contributed by atoms with E-state index in [4.69, 9.17) is 0 Å². The van der Waals surface area contributed by atoms with Gasteiger partial charge in [0.15, 0.2) is 0 Å². The second kappa shape index (κ2) is 10.3. The number of nitrogens with zero attached hydrogens (tertiary/aromatic N) is 2. The van der Waals surface area contributed by atoms with Gasteiger partial charge in [0.05, 0.1) is 6.54 Å². The Labute approximate surface area is 240 Å². The smallest absolute Gasteiger partial charge is 0.251 e. The molecule has 0 spiro atoms. The molecule has 4 saturated carbocycles. The van der Waals surface area contributed by atoms with Crippen molar-refractivity contribution in [1.29, 1.82) is 0 Å². The largest absolute Gasteiger partial charge is 0.347 e. The normalized spacial score (nSPS) is 27.7. The minimum Gasteiger partial charge on any atom is -0.347 e. The van der Waals surface area contributed by atoms with Crippen LogP contribution in [0.3, 0.4) is 0 Å². The third-order valence-corrected chi connectivity index (χ3v) is 9.44. The van der Waals surface area contributed by atoms with Gasteiger partial charge in [-0.2, -0.15) is 0 Å². The van der Waals surface area contributed by atoms with Crippen molar-refractivity contribution in [2.24, 2.45) is 11.8 Å². The van der Waals surface area contributed by atoms with Gasteiger partial charge in [-0.1, -0.05) is 24.3 Å². The van der Waals surface area contributed by atoms with Crippen LogP contribution in [0.25, 0.3) is 11.1 Å². The topological polar surface area (TPSA) is 74.3 Å². The highest BCUT2D eigenvalue weighted by Gasteiger charge is 2.58. The van der Waals surface area contributed by atoms with Crippen LogP contribution in [-0.2, 0) is 17.9 Å². The number of aromatic nitrogens is 1. The van der Waals surface area contributed by atoms with E-state index in [0.29, 0.717) is 30.5 Å². The first kappa shape index (κ1) is 26.9. The van der Waals surface area contributed by atoms with E-state index < -0.39 is 0 Å². The summed E-state index contributed by atoms with van der Waals surface area (Å²) in [5.41, 5.74) is 4.28. The van der Waals surface area contributed by atoms with Crippen molar-refractivity contribution in [2.45, 2.75) is 62.7 Å². The highest BCUT2D eigenvalue weighted by Crippen LogP contribution is 2.57. The SMILES string of the molecule is Cl.O=C(NC12C[C@@H]3C[C@@H](CC(NCC(=O)N4Cc5ccc(F)cc5C4)(C3)C1)C2)c1ccc(-c2cccnc2)cc1. The van der Waals surface area contributed by atoms with Gasteiger partial charge >= 0.3 is 0 Å². The molecule has 8 heteroatoms. The van der Waals surface area contributed by atoms with Crippen molar-refractivity contribution >= 4 is 24.2 Å². The Morgan fingerprint density at radius 1 is 0.925 bits per heavy atom. The molecule has 0 saturated heterocycles. The summed E-state index contributed by atoms with van der Waals surface area (Å²) in [6.07, 6.45) is 9.76. The van der Waals surface area contributed by atoms with E-state index in [-0.39, 0.29) is 47.7 Å². The molecule has 3 aromatic rings. The molecule has 4 bridgehead atoms. The summed E-state index contributed by atoms with van der Waals surface area (Å²) in [7, 11) is 0. The molecule has 208 valence electrons. The van der Waals surface area contributed by atoms with Gasteiger partial charge in [0.1, 0.15) is 5.82 Å². The fraction of sp³-hybridized carbons (Fsp3) is 0.406. The molecule has 1 aliphatic heterocycles. The molecular weight excluding hydrogens is 527 g/mol. The molecule has 4 fully saturated rings. The molecule has 6 nitrogen and oxygen atoms in total. The molecule has 2 amide bonds. The van der Waals surface area contributed by atoms with Gasteiger partial charge in [-0.05, 0) is 103 Å². The van der Waals surface area contributed by atoms with E-state index >= 15 is 0 Å². The van der Waals surface area contributed by atoms with Crippen molar-refractivity contribution in [2.75, 3.05) is 6.54 Å². The quantitative estimate of drug-likeness (QED) is 0.431. The van der Waals surface area contributed by atoms with E-state index in [1.807, 2.05) is 47.5 Å². The second-order valence-corrected chi connectivity index (χ2v) is 12.3. The molecule has 40 heavy (non-hydrogen) atoms. The summed E-state index contributed by atoms with van der Waals surface area (Å²) < 4.78 is 13.6. The van der Waals surface area contributed by atoms with E-state index in [1.54, 1.807) is 12.3 Å². The maximum atomic E-state index is 13.6. The van der Waals surface area contributed by atoms with E-state index in [0.717, 1.165) is 54.4 Å². The number of nitrogens with one attached hydrogen (secondary N) is 2. The maximum Gasteiger partial charge on any atom is 0.251 e. The van der Waals surface area contributed by atoms with Crippen molar-refractivity contribution in [3.8, 4) is 11.1 Å². The summed E-state index contributed by atoms with van der Waals surface area (Å²) in [5, 5.41) is 7.15. The fourth-order valence-electron chi connectivity index (χ4n) is 8.19. The van der Waals surface area contributed by atoms with Gasteiger partial charge in [0.25, 0.3) is 5.91 Å². The van der Waals surface area contributed by atoms with Crippen LogP contribution in [0.5, 0.6) is 0 Å². The van der Waals surface area contributed by atoms with Crippen LogP contribution in [-0.4, -0.2) is 39.3 Å². The number of pyridine rings is 1. The first-order valence-corrected chi connectivity index (χ1v) is 14.0. The van der Waals surface area contributed by atoms with Gasteiger partial charge in [-0.15, -0.1) is 12.4 Å². The number of carbonyl (C=O) groups is 2. The number of rotatable bonds is 6. The summed E-state index contributed by atoms with van der Waals surface area (Å²) in [4.78, 5) is 32.6. The van der Waals surface area contributed by atoms with Gasteiger partial charge in [0, 0.05) is 42.1 Å². The zero-order valence-electron chi connectivity index (χ0n) is 22.4. The summed E-state index contributed by atoms with van der Waals surface area (Å²) in [5.74, 6) is 0.880. The highest BCUT2D eigenvalue weighted by molar-refractivity contribution is 5.95. The van der Waals surface area contributed by atoms with Crippen LogP contribution in [0.2, 0.25) is 0 Å². The number of carbonyl (C=O) groups excluding carboxylic acids is 2. The zero-order chi connectivity index (χ0) is 26.6. The lowest BCUT2D eigenvalue weighted by Crippen LogP contribution is -2.69. The number of benzene rings is 2. The minimum absolute atomic E-state index is 0. The van der Waals surface area contributed by atoms with Crippen LogP contribution >= 0.6 is 12.4 Å². The van der Waals surface area contributed by atoms with Crippen LogP contribution in [0.4, 0.5) is 4.39 Å². The molecule has 2 aromatic carbocycles. The molecule has 2 unspecified atom stereocenters. The van der Waals surface area contributed by atoms with Crippen LogP contribution in [0.15, 0.2) is 67.0 Å². The lowest BCUT2D eigenvalue weighted by atomic mass is 9.50. The molecule has 4 aliphatic carbocycles. The molecule has 1 aromatic heterocycles. The molecule has 2 N–H and O–H groups in total. The first-order valence-electron chi connectivity index (χ1n) is 14.0. The third kappa shape index (κ3) is 5.01. The molecule has 4 atom stereocenters. The Morgan fingerprint density at radius 3 is 2.38 bits per heavy atom. The fourth-order valence-corrected chi connectivity index (χ4v) is 8.19. The van der Waals surface area contributed by atoms with Gasteiger partial charge in [0.2, 0.25) is 5.91 Å². The Hall–Kier alpha value is -3.29. The average molecular weight is 561 g/mol. The van der Waals surface area contributed by atoms with E-state index in [1.165, 1.54) is 18.6 Å². The number of amides is 2. The van der Waals surface area contributed by atoms with Crippen molar-refractivity contribution in [3.05, 3.63) is 89.5 Å². The monoisotopic (exact) mass is 560 g/mol. The standard InChI is InChI=1S/C32H33FN4O2.ClH/c33-28-8-7-26-18-37(19-27(26)11-28)29(38)17-35-31-12-21-10-22(13-31)15-32(14-21,20-31)36-30(39)24-5-3-23(4-6-24)25-2-1-9-34-16-25;/h1-9,11,16,21-22,35H,10,12-15,17-20H2,(H,36,39);1H/t21-,22+,31?,32?;. The molecule has 2 heterocycles. The number of halogens is 2. The maximum absolute atomic E-state index is 13.6. The van der Waals surface area contributed by atoms with Crippen molar-refractivity contribution in [1.82, 2.24) is 20.5 Å². The summed E-state index contributed by atoms with van der Waals surface area (Å²) in [6, 6.07) is 16.4. The molecule has 5 aliphatic rings. The zero-order valence-corrected chi connectivity index (χ0v) is 23.2. The number of fused-ring (bicyclic) bond motifs is 1. The lowest BCUT2D eigenvalue weighted by molar-refractivity contribution is -0.132. The molecular formula is C32H34ClFN4O2. The molecule has 8 rings (SSSR count). The van der Waals surface area contributed by atoms with E-state index in [9.17, 15) is 14.0 Å². The van der Waals surface area contributed by atoms with Crippen molar-refractivity contribution < 1.29 is 14.0 Å². The Kier molecular flexibility index (Phi) is 6.91. The minimum atomic E-state index is -0.258. The van der Waals surface area contributed by atoms with Crippen molar-refractivity contribution in [3.63, 3.8) is 0 Å². The number of hydrogen-bond donors (Lipinski definition) is 2. The van der Waals surface area contributed by atoms with Crippen LogP contribution in [0.1, 0.15) is 60.0 Å². The predicted molar refractivity (Wildman–Crippen MR) is 153 cm³/mol. The van der Waals surface area contributed by atoms with Gasteiger partial charge < -0.3 is 15.5 Å². The van der Waals surface area contributed by atoms with E-state index in [2.05, 4.69) is 15.6 Å². The predicted octanol–water partition coefficient (Wildman–Crippen LogP) is 5.26. The Morgan fingerprint density at radius 2 is 1.65 bits per heavy atom. The first-order chi connectivity index (χ1) is 18.9. The summed E-state index contributed by atoms with van der Waals surface area (Å²) in [6.45, 7) is 1.27. The Bertz CT molecular complexity index is 1420. The van der Waals surface area contributed by atoms with Crippen LogP contribution < -0.4 is 10.6 Å². The van der Waals surface area contributed by atoms with Gasteiger partial charge in [-0.3, -0.25) is 14.6 Å². The van der Waals surface area contributed by atoms with Gasteiger partial charge in [-0.25, -0.2) is 4.39 Å². The Balaban J connectivity index is 0.00000289. The lowest BCUT2D eigenvalue weighted by Gasteiger charge is -2.62. The average Bonchev–Trinajstić information content (AvgIpc) is 3.35. The summed E-state index contributed by atoms with van der Waals surface area (Å²) >= 11 is 0. The number of hydrogen-bond acceptors (Lipinski definition) is 4.